The molecule has 4 aliphatic rings. The Morgan fingerprint density at radius 2 is 1.00 bits per heavy atom. The van der Waals surface area contributed by atoms with Crippen LogP contribution in [-0.2, 0) is 21.7 Å². The van der Waals surface area contributed by atoms with Gasteiger partial charge in [-0.25, -0.2) is 0 Å². The molecule has 0 unspecified atom stereocenters. The van der Waals surface area contributed by atoms with E-state index in [0.717, 1.165) is 22.7 Å². The van der Waals surface area contributed by atoms with Gasteiger partial charge in [0.15, 0.2) is 0 Å². The molecule has 0 fully saturated rings. The molecule has 3 aliphatic heterocycles. The molecule has 0 atom stereocenters. The number of hydrogen-bond donors (Lipinski definition) is 0. The Bertz CT molecular complexity index is 3600. The van der Waals surface area contributed by atoms with Crippen molar-refractivity contribution in [3.8, 4) is 11.1 Å². The first-order chi connectivity index (χ1) is 35.5. The third kappa shape index (κ3) is 7.74. The minimum Gasteiger partial charge on any atom is -0.312 e. The van der Waals surface area contributed by atoms with Gasteiger partial charge in [-0.3, -0.25) is 0 Å². The van der Waals surface area contributed by atoms with Crippen molar-refractivity contribution in [2.24, 2.45) is 0 Å². The summed E-state index contributed by atoms with van der Waals surface area (Å²) in [5.74, 6) is 0. The molecule has 3 nitrogen and oxygen atoms in total. The molecule has 3 heterocycles. The first kappa shape index (κ1) is 48.8. The van der Waals surface area contributed by atoms with Crippen LogP contribution in [0.25, 0.3) is 16.3 Å². The van der Waals surface area contributed by atoms with Crippen LogP contribution in [0.3, 0.4) is 0 Å². The minimum absolute atomic E-state index is 0.0397. The molecule has 12 rings (SSSR count). The predicted molar refractivity (Wildman–Crippen MR) is 327 cm³/mol. The van der Waals surface area contributed by atoms with Gasteiger partial charge >= 0.3 is 0 Å². The highest BCUT2D eigenvalue weighted by Gasteiger charge is 2.59. The van der Waals surface area contributed by atoms with E-state index in [1.165, 1.54) is 89.5 Å². The molecule has 1 aliphatic carbocycles. The topological polar surface area (TPSA) is 9.72 Å². The number of anilines is 8. The zero-order valence-corrected chi connectivity index (χ0v) is 47.7. The van der Waals surface area contributed by atoms with Crippen LogP contribution in [0, 0.1) is 6.92 Å². The highest BCUT2D eigenvalue weighted by atomic mass is 28.3. The second-order valence-electron chi connectivity index (χ2n) is 26.0. The van der Waals surface area contributed by atoms with Crippen LogP contribution in [0.5, 0.6) is 0 Å². The van der Waals surface area contributed by atoms with E-state index in [1.807, 2.05) is 0 Å². The van der Waals surface area contributed by atoms with Crippen LogP contribution in [0.1, 0.15) is 110 Å². The number of benzene rings is 8. The Balaban J connectivity index is 1.13. The standard InChI is InChI=1S/C70H72BN3Si/c1-45-41-60-63-61(42-45)74(54-24-20-21-47(43-54)46-27-29-48(30-28-46)67(2,3)4)64-62-65(56-25-18-19-26-57(56)70(62,11)12)75(13,14)66(64)71(63)58-40-39-55(44-59(58)73(60)51-22-16-15-17-23-51)72(52-35-31-49(32-36-52)68(5,6)7)53-37-33-50(34-38-53)69(8,9)10/h15-44H,1-14H3. The maximum absolute atomic E-state index is 2.72. The average molecular weight is 994 g/mol. The second-order valence-corrected chi connectivity index (χ2v) is 30.3. The van der Waals surface area contributed by atoms with E-state index in [1.54, 1.807) is 10.3 Å². The highest BCUT2D eigenvalue weighted by molar-refractivity contribution is 7.17. The summed E-state index contributed by atoms with van der Waals surface area (Å²) < 4.78 is 0. The Hall–Kier alpha value is -7.08. The normalized spacial score (nSPS) is 16.2. The number of para-hydroxylation sites is 1. The zero-order chi connectivity index (χ0) is 52.7. The van der Waals surface area contributed by atoms with E-state index >= 15 is 0 Å². The third-order valence-electron chi connectivity index (χ3n) is 17.1. The van der Waals surface area contributed by atoms with Gasteiger partial charge < -0.3 is 14.7 Å². The fraction of sp³-hybridized carbons (Fsp3) is 0.257. The van der Waals surface area contributed by atoms with Crippen LogP contribution < -0.4 is 25.6 Å². The summed E-state index contributed by atoms with van der Waals surface area (Å²) in [6.07, 6.45) is 0. The summed E-state index contributed by atoms with van der Waals surface area (Å²) in [6, 6.07) is 70.1. The fourth-order valence-corrected chi connectivity index (χ4v) is 17.3. The Kier molecular flexibility index (Phi) is 11.0. The quantitative estimate of drug-likeness (QED) is 0.154. The molecular formula is C70H72BN3Si. The molecule has 374 valence electrons. The Morgan fingerprint density at radius 1 is 0.480 bits per heavy atom. The first-order valence-corrected chi connectivity index (χ1v) is 30.3. The molecule has 0 spiro atoms. The van der Waals surface area contributed by atoms with E-state index in [-0.39, 0.29) is 28.4 Å². The van der Waals surface area contributed by atoms with Crippen molar-refractivity contribution in [1.29, 1.82) is 0 Å². The monoisotopic (exact) mass is 994 g/mol. The van der Waals surface area contributed by atoms with Crippen molar-refractivity contribution >= 4 is 76.4 Å². The minimum atomic E-state index is -2.47. The largest absolute Gasteiger partial charge is 0.312 e. The van der Waals surface area contributed by atoms with Crippen molar-refractivity contribution in [3.63, 3.8) is 0 Å². The van der Waals surface area contributed by atoms with Crippen molar-refractivity contribution in [3.05, 3.63) is 232 Å². The summed E-state index contributed by atoms with van der Waals surface area (Å²) in [6.45, 7) is 33.3. The molecule has 75 heavy (non-hydrogen) atoms. The zero-order valence-electron chi connectivity index (χ0n) is 46.7. The lowest BCUT2D eigenvalue weighted by Crippen LogP contribution is -2.60. The fourth-order valence-electron chi connectivity index (χ4n) is 13.2. The van der Waals surface area contributed by atoms with Crippen LogP contribution in [0.2, 0.25) is 13.1 Å². The van der Waals surface area contributed by atoms with E-state index in [0.29, 0.717) is 0 Å². The lowest BCUT2D eigenvalue weighted by Gasteiger charge is -2.47. The number of allylic oxidation sites excluding steroid dienone is 1. The van der Waals surface area contributed by atoms with Crippen LogP contribution >= 0.6 is 0 Å². The number of aryl methyl sites for hydroxylation is 1. The van der Waals surface area contributed by atoms with Gasteiger partial charge in [-0.2, -0.15) is 0 Å². The summed E-state index contributed by atoms with van der Waals surface area (Å²) in [7, 11) is -2.47. The smallest absolute Gasteiger partial charge is 0.244 e. The molecule has 0 radical (unpaired) electrons. The molecule has 0 amide bonds. The van der Waals surface area contributed by atoms with Crippen LogP contribution in [-0.4, -0.2) is 14.8 Å². The Morgan fingerprint density at radius 3 is 1.59 bits per heavy atom. The Labute approximate surface area is 449 Å². The molecule has 0 saturated carbocycles. The summed E-state index contributed by atoms with van der Waals surface area (Å²) in [5.41, 5.74) is 25.7. The lowest BCUT2D eigenvalue weighted by atomic mass is 9.36. The molecule has 8 aromatic carbocycles. The molecule has 0 aromatic heterocycles. The summed E-state index contributed by atoms with van der Waals surface area (Å²) in [5, 5.41) is 3.21. The van der Waals surface area contributed by atoms with Crippen molar-refractivity contribution < 1.29 is 0 Å². The van der Waals surface area contributed by atoms with Crippen molar-refractivity contribution in [1.82, 2.24) is 0 Å². The number of fused-ring (bicyclic) bond motifs is 6. The molecular weight excluding hydrogens is 922 g/mol. The van der Waals surface area contributed by atoms with Gasteiger partial charge in [0.1, 0.15) is 8.07 Å². The molecule has 5 heteroatoms. The van der Waals surface area contributed by atoms with E-state index in [9.17, 15) is 0 Å². The molecule has 0 N–H and O–H groups in total. The first-order valence-electron chi connectivity index (χ1n) is 27.3. The van der Waals surface area contributed by atoms with E-state index in [4.69, 9.17) is 0 Å². The van der Waals surface area contributed by atoms with Gasteiger partial charge in [0.25, 0.3) is 0 Å². The number of nitrogens with zero attached hydrogens (tertiary/aromatic N) is 3. The maximum Gasteiger partial charge on any atom is 0.244 e. The number of hydrogen-bond acceptors (Lipinski definition) is 3. The van der Waals surface area contributed by atoms with Gasteiger partial charge in [-0.1, -0.05) is 204 Å². The van der Waals surface area contributed by atoms with Gasteiger partial charge in [-0.15, -0.1) is 0 Å². The third-order valence-corrected chi connectivity index (χ3v) is 20.8. The molecule has 0 saturated heterocycles. The van der Waals surface area contributed by atoms with Crippen molar-refractivity contribution in [2.45, 2.75) is 118 Å². The molecule has 0 bridgehead atoms. The van der Waals surface area contributed by atoms with Gasteiger partial charge in [0.05, 0.1) is 0 Å². The summed E-state index contributed by atoms with van der Waals surface area (Å²) in [4.78, 5) is 7.79. The van der Waals surface area contributed by atoms with Crippen molar-refractivity contribution in [2.75, 3.05) is 14.7 Å². The average Bonchev–Trinajstić information content (AvgIpc) is 4.05. The maximum atomic E-state index is 2.72. The van der Waals surface area contributed by atoms with E-state index in [2.05, 4.69) is 293 Å². The van der Waals surface area contributed by atoms with Gasteiger partial charge in [0.2, 0.25) is 6.71 Å². The lowest BCUT2D eigenvalue weighted by molar-refractivity contribution is 0.590. The van der Waals surface area contributed by atoms with Gasteiger partial charge in [0, 0.05) is 56.6 Å². The highest BCUT2D eigenvalue weighted by Crippen LogP contribution is 2.62. The second kappa shape index (κ2) is 17.0. The van der Waals surface area contributed by atoms with Gasteiger partial charge in [-0.05, 0) is 162 Å². The van der Waals surface area contributed by atoms with Crippen LogP contribution in [0.15, 0.2) is 198 Å². The number of rotatable bonds is 6. The summed E-state index contributed by atoms with van der Waals surface area (Å²) >= 11 is 0. The molecule has 8 aromatic rings. The van der Waals surface area contributed by atoms with E-state index < -0.39 is 8.07 Å². The van der Waals surface area contributed by atoms with Crippen LogP contribution in [0.4, 0.5) is 45.5 Å². The predicted octanol–water partition coefficient (Wildman–Crippen LogP) is 17.9. The SMILES string of the molecule is Cc1cc2c3c(c1)N(c1ccccc1)c1cc(N(c4ccc(C(C)(C)C)cc4)c4ccc(C(C)(C)C)cc4)ccc1B3C1=C(C3=C(c4ccccc4C3(C)C)[Si]1(C)C)N2c1cccc(-c2ccc(C(C)(C)C)cc2)c1.